The molecular weight excluding hydrogens is 609 g/mol. The largest absolute Gasteiger partial charge is 0.472 e. The maximum atomic E-state index is 14.2. The van der Waals surface area contributed by atoms with E-state index >= 15 is 0 Å². The van der Waals surface area contributed by atoms with Gasteiger partial charge in [0, 0.05) is 42.0 Å². The highest BCUT2D eigenvalue weighted by molar-refractivity contribution is 6.32. The zero-order valence-electron chi connectivity index (χ0n) is 22.5. The van der Waals surface area contributed by atoms with Gasteiger partial charge in [-0.25, -0.2) is 9.37 Å². The Morgan fingerprint density at radius 2 is 1.93 bits per heavy atom. The van der Waals surface area contributed by atoms with Crippen molar-refractivity contribution in [3.05, 3.63) is 86.3 Å². The molecule has 1 fully saturated rings. The summed E-state index contributed by atoms with van der Waals surface area (Å²) >= 11 is 12.3. The average molecular weight is 632 g/mol. The second-order valence-corrected chi connectivity index (χ2v) is 11.6. The van der Waals surface area contributed by atoms with Crippen molar-refractivity contribution in [3.8, 4) is 23.3 Å². The lowest BCUT2D eigenvalue weighted by atomic mass is 9.95. The third kappa shape index (κ3) is 6.44. The molecule has 0 spiro atoms. The van der Waals surface area contributed by atoms with E-state index in [1.165, 1.54) is 18.3 Å². The summed E-state index contributed by atoms with van der Waals surface area (Å²) in [6.45, 7) is 1.50. The van der Waals surface area contributed by atoms with E-state index in [0.29, 0.717) is 54.3 Å². The molecular formula is C29H23Cl2F4N7O. The number of rotatable bonds is 8. The van der Waals surface area contributed by atoms with E-state index in [0.717, 1.165) is 29.7 Å². The Balaban J connectivity index is 1.21. The smallest absolute Gasteiger partial charge is 0.451 e. The minimum atomic E-state index is -4.65. The molecule has 2 aliphatic rings. The standard InChI is InChI=1S/C29H23Cl2F4N7O/c30-20-2-1-17(22(32)9-20)14-43-26-21(31)8-16-3-6-42(13-24(16)38-26)12-23-18(10-28(15-36)4-5-28)7-19(11-37-23)25-39-27(41-40-25)29(33,34)35/h1-2,7-9,11H,3-6,10,12-14H2,(H,39,40,41). The summed E-state index contributed by atoms with van der Waals surface area (Å²) in [6.07, 6.45) is -0.598. The summed E-state index contributed by atoms with van der Waals surface area (Å²) in [5.41, 5.74) is 3.39. The first-order chi connectivity index (χ1) is 20.5. The molecule has 3 aromatic heterocycles. The van der Waals surface area contributed by atoms with Crippen LogP contribution in [-0.2, 0) is 38.7 Å². The molecule has 0 unspecified atom stereocenters. The number of nitriles is 1. The van der Waals surface area contributed by atoms with Crippen molar-refractivity contribution in [1.82, 2.24) is 30.0 Å². The van der Waals surface area contributed by atoms with Gasteiger partial charge in [0.2, 0.25) is 11.7 Å². The highest BCUT2D eigenvalue weighted by Crippen LogP contribution is 2.48. The van der Waals surface area contributed by atoms with E-state index in [2.05, 4.69) is 36.1 Å². The molecule has 1 aromatic carbocycles. The molecule has 14 heteroatoms. The van der Waals surface area contributed by atoms with Crippen LogP contribution < -0.4 is 4.74 Å². The molecule has 1 aliphatic carbocycles. The predicted octanol–water partition coefficient (Wildman–Crippen LogP) is 6.71. The molecule has 222 valence electrons. The van der Waals surface area contributed by atoms with E-state index in [4.69, 9.17) is 27.9 Å². The van der Waals surface area contributed by atoms with Crippen LogP contribution in [0.1, 0.15) is 46.7 Å². The molecule has 1 N–H and O–H groups in total. The Bertz CT molecular complexity index is 1730. The third-order valence-corrected chi connectivity index (χ3v) is 8.15. The number of alkyl halides is 3. The van der Waals surface area contributed by atoms with Gasteiger partial charge in [-0.05, 0) is 61.1 Å². The quantitative estimate of drug-likeness (QED) is 0.216. The molecule has 8 nitrogen and oxygen atoms in total. The number of H-pyrrole nitrogens is 1. The number of nitrogens with zero attached hydrogens (tertiary/aromatic N) is 6. The molecule has 0 atom stereocenters. The van der Waals surface area contributed by atoms with Crippen molar-refractivity contribution in [2.24, 2.45) is 5.41 Å². The summed E-state index contributed by atoms with van der Waals surface area (Å²) in [7, 11) is 0. The van der Waals surface area contributed by atoms with Crippen LogP contribution in [0.3, 0.4) is 0 Å². The molecule has 0 bridgehead atoms. The van der Waals surface area contributed by atoms with Gasteiger partial charge in [-0.2, -0.15) is 18.4 Å². The number of pyridine rings is 2. The van der Waals surface area contributed by atoms with Gasteiger partial charge < -0.3 is 9.72 Å². The molecule has 0 saturated heterocycles. The van der Waals surface area contributed by atoms with Gasteiger partial charge >= 0.3 is 6.18 Å². The Kier molecular flexibility index (Phi) is 7.75. The topological polar surface area (TPSA) is 104 Å². The number of hydrogen-bond donors (Lipinski definition) is 1. The predicted molar refractivity (Wildman–Crippen MR) is 148 cm³/mol. The number of aromatic nitrogens is 5. The minimum absolute atomic E-state index is 0.0478. The zero-order chi connectivity index (χ0) is 30.4. The fourth-order valence-corrected chi connectivity index (χ4v) is 5.42. The molecule has 43 heavy (non-hydrogen) atoms. The van der Waals surface area contributed by atoms with Gasteiger partial charge in [-0.15, -0.1) is 10.2 Å². The highest BCUT2D eigenvalue weighted by Gasteiger charge is 2.44. The number of hydrogen-bond acceptors (Lipinski definition) is 7. The van der Waals surface area contributed by atoms with E-state index in [-0.39, 0.29) is 23.3 Å². The first-order valence-electron chi connectivity index (χ1n) is 13.4. The van der Waals surface area contributed by atoms with Crippen molar-refractivity contribution in [1.29, 1.82) is 5.26 Å². The molecule has 0 radical (unpaired) electrons. The van der Waals surface area contributed by atoms with E-state index in [9.17, 15) is 22.8 Å². The van der Waals surface area contributed by atoms with Gasteiger partial charge in [0.05, 0.1) is 22.9 Å². The average Bonchev–Trinajstić information content (AvgIpc) is 3.54. The molecule has 6 rings (SSSR count). The lowest BCUT2D eigenvalue weighted by Gasteiger charge is -2.29. The molecule has 1 aliphatic heterocycles. The fourth-order valence-electron chi connectivity index (χ4n) is 5.03. The maximum Gasteiger partial charge on any atom is 0.451 e. The maximum absolute atomic E-state index is 14.2. The summed E-state index contributed by atoms with van der Waals surface area (Å²) < 4.78 is 59.2. The number of ether oxygens (including phenoxy) is 1. The Morgan fingerprint density at radius 3 is 2.63 bits per heavy atom. The van der Waals surface area contributed by atoms with Crippen LogP contribution >= 0.6 is 23.2 Å². The molecule has 1 saturated carbocycles. The number of fused-ring (bicyclic) bond motifs is 1. The van der Waals surface area contributed by atoms with Crippen molar-refractivity contribution in [2.75, 3.05) is 6.54 Å². The van der Waals surface area contributed by atoms with Crippen molar-refractivity contribution >= 4 is 23.2 Å². The van der Waals surface area contributed by atoms with E-state index < -0.39 is 23.2 Å². The Hall–Kier alpha value is -3.79. The summed E-state index contributed by atoms with van der Waals surface area (Å²) in [5.74, 6) is -1.54. The van der Waals surface area contributed by atoms with Gasteiger partial charge in [0.1, 0.15) is 17.4 Å². The zero-order valence-corrected chi connectivity index (χ0v) is 24.0. The third-order valence-electron chi connectivity index (χ3n) is 7.64. The lowest BCUT2D eigenvalue weighted by Crippen LogP contribution is -2.31. The molecule has 4 heterocycles. The fraction of sp³-hybridized carbons (Fsp3) is 0.345. The lowest BCUT2D eigenvalue weighted by molar-refractivity contribution is -0.144. The van der Waals surface area contributed by atoms with Gasteiger partial charge in [-0.3, -0.25) is 9.88 Å². The van der Waals surface area contributed by atoms with Crippen LogP contribution in [0.5, 0.6) is 5.88 Å². The van der Waals surface area contributed by atoms with Gasteiger partial charge in [-0.1, -0.05) is 29.3 Å². The Labute approximate surface area is 253 Å². The summed E-state index contributed by atoms with van der Waals surface area (Å²) in [4.78, 5) is 13.6. The number of aromatic amines is 1. The molecule has 0 amide bonds. The summed E-state index contributed by atoms with van der Waals surface area (Å²) in [5, 5.41) is 17.2. The van der Waals surface area contributed by atoms with Crippen molar-refractivity contribution < 1.29 is 22.3 Å². The van der Waals surface area contributed by atoms with Crippen LogP contribution in [0.25, 0.3) is 11.4 Å². The number of halogens is 6. The Morgan fingerprint density at radius 1 is 1.12 bits per heavy atom. The summed E-state index contributed by atoms with van der Waals surface area (Å²) in [6, 6.07) is 10.2. The minimum Gasteiger partial charge on any atom is -0.472 e. The SMILES string of the molecule is N#CC1(Cc2cc(-c3nnc(C(F)(F)F)[nH]3)cnc2CN2CCc3cc(Cl)c(OCc4ccc(Cl)cc4F)nc3C2)CC1. The van der Waals surface area contributed by atoms with Crippen molar-refractivity contribution in [3.63, 3.8) is 0 Å². The van der Waals surface area contributed by atoms with Crippen LogP contribution in [0.15, 0.2) is 36.5 Å². The molecule has 4 aromatic rings. The van der Waals surface area contributed by atoms with Gasteiger partial charge in [0.15, 0.2) is 5.82 Å². The number of nitrogens with one attached hydrogen (secondary N) is 1. The second kappa shape index (κ2) is 11.4. The first kappa shape index (κ1) is 29.3. The monoisotopic (exact) mass is 631 g/mol. The van der Waals surface area contributed by atoms with Crippen LogP contribution in [0, 0.1) is 22.6 Å². The van der Waals surface area contributed by atoms with Crippen molar-refractivity contribution in [2.45, 2.75) is 51.6 Å². The van der Waals surface area contributed by atoms with Crippen LogP contribution in [-0.4, -0.2) is 36.6 Å². The van der Waals surface area contributed by atoms with Crippen LogP contribution in [0.4, 0.5) is 17.6 Å². The van der Waals surface area contributed by atoms with Gasteiger partial charge in [0.25, 0.3) is 0 Å². The second-order valence-electron chi connectivity index (χ2n) is 10.8. The van der Waals surface area contributed by atoms with E-state index in [1.807, 2.05) is 6.07 Å². The van der Waals surface area contributed by atoms with E-state index in [1.54, 1.807) is 12.1 Å². The normalized spacial score (nSPS) is 16.0. The first-order valence-corrected chi connectivity index (χ1v) is 14.1. The highest BCUT2D eigenvalue weighted by atomic mass is 35.5. The number of benzene rings is 1. The van der Waals surface area contributed by atoms with Crippen LogP contribution in [0.2, 0.25) is 10.0 Å².